The van der Waals surface area contributed by atoms with Crippen molar-refractivity contribution in [3.05, 3.63) is 89.5 Å². The molecular formula is C31H35F2N3O5S2. The van der Waals surface area contributed by atoms with E-state index in [1.54, 1.807) is 30.3 Å². The van der Waals surface area contributed by atoms with Crippen LogP contribution in [-0.4, -0.2) is 49.9 Å². The summed E-state index contributed by atoms with van der Waals surface area (Å²) in [6.07, 6.45) is 0.981. The molecule has 0 spiro atoms. The third kappa shape index (κ3) is 9.36. The maximum absolute atomic E-state index is 15.4. The highest BCUT2D eigenvalue weighted by Gasteiger charge is 2.23. The summed E-state index contributed by atoms with van der Waals surface area (Å²) in [6, 6.07) is 16.3. The number of carbonyl (C=O) groups is 3. The van der Waals surface area contributed by atoms with Crippen molar-refractivity contribution in [3.63, 3.8) is 0 Å². The predicted molar refractivity (Wildman–Crippen MR) is 164 cm³/mol. The van der Waals surface area contributed by atoms with Crippen LogP contribution in [0.2, 0.25) is 0 Å². The normalized spacial score (nSPS) is 11.9. The molecule has 0 aliphatic carbocycles. The number of amides is 3. The Labute approximate surface area is 256 Å². The fourth-order valence-electron chi connectivity index (χ4n) is 4.52. The van der Waals surface area contributed by atoms with Gasteiger partial charge < -0.3 is 10.2 Å². The van der Waals surface area contributed by atoms with Crippen molar-refractivity contribution in [2.24, 2.45) is 5.92 Å². The average molecular weight is 632 g/mol. The topological polar surface area (TPSA) is 113 Å². The number of thiol groups is 1. The molecule has 2 N–H and O–H groups in total. The molecule has 0 saturated carbocycles. The summed E-state index contributed by atoms with van der Waals surface area (Å²) in [5.74, 6) is -2.73. The molecule has 1 atom stereocenters. The summed E-state index contributed by atoms with van der Waals surface area (Å²) in [5.41, 5.74) is 1.09. The molecule has 3 aromatic rings. The second-order valence-corrected chi connectivity index (χ2v) is 12.0. The Bertz CT molecular complexity index is 1570. The van der Waals surface area contributed by atoms with Crippen molar-refractivity contribution >= 4 is 40.4 Å². The van der Waals surface area contributed by atoms with E-state index in [4.69, 9.17) is 0 Å². The second-order valence-electron chi connectivity index (χ2n) is 10.00. The van der Waals surface area contributed by atoms with E-state index in [1.807, 2.05) is 11.6 Å². The zero-order valence-electron chi connectivity index (χ0n) is 24.0. The highest BCUT2D eigenvalue weighted by atomic mass is 32.2. The first kappa shape index (κ1) is 33.7. The lowest BCUT2D eigenvalue weighted by Crippen LogP contribution is -2.41. The molecule has 8 nitrogen and oxygen atoms in total. The highest BCUT2D eigenvalue weighted by Crippen LogP contribution is 2.29. The second kappa shape index (κ2) is 15.6. The van der Waals surface area contributed by atoms with Gasteiger partial charge in [-0.1, -0.05) is 55.5 Å². The van der Waals surface area contributed by atoms with Gasteiger partial charge in [0.15, 0.2) is 0 Å². The molecule has 43 heavy (non-hydrogen) atoms. The third-order valence-electron chi connectivity index (χ3n) is 6.69. The van der Waals surface area contributed by atoms with Gasteiger partial charge >= 0.3 is 0 Å². The molecule has 0 aliphatic rings. The fraction of sp³-hybridized carbons (Fsp3) is 0.323. The number of carbonyl (C=O) groups excluding carboxylic acids is 3. The fourth-order valence-corrected chi connectivity index (χ4v) is 6.04. The van der Waals surface area contributed by atoms with E-state index in [1.165, 1.54) is 41.3 Å². The minimum Gasteiger partial charge on any atom is -0.354 e. The summed E-state index contributed by atoms with van der Waals surface area (Å²) >= 11 is 4.25. The number of nitrogens with zero attached hydrogens (tertiary/aromatic N) is 1. The van der Waals surface area contributed by atoms with E-state index < -0.39 is 33.5 Å². The Morgan fingerprint density at radius 2 is 1.65 bits per heavy atom. The van der Waals surface area contributed by atoms with Gasteiger partial charge in [-0.05, 0) is 42.2 Å². The average Bonchev–Trinajstić information content (AvgIpc) is 2.96. The van der Waals surface area contributed by atoms with E-state index in [0.29, 0.717) is 12.0 Å². The number of rotatable bonds is 14. The minimum absolute atomic E-state index is 0.0715. The first-order valence-corrected chi connectivity index (χ1v) is 15.9. The summed E-state index contributed by atoms with van der Waals surface area (Å²) in [4.78, 5) is 38.3. The zero-order chi connectivity index (χ0) is 31.6. The molecule has 0 radical (unpaired) electrons. The van der Waals surface area contributed by atoms with Crippen molar-refractivity contribution in [3.8, 4) is 11.1 Å². The molecule has 230 valence electrons. The molecular weight excluding hydrogens is 596 g/mol. The Balaban J connectivity index is 1.74. The summed E-state index contributed by atoms with van der Waals surface area (Å²) in [7, 11) is -4.18. The zero-order valence-corrected chi connectivity index (χ0v) is 25.7. The maximum atomic E-state index is 15.4. The van der Waals surface area contributed by atoms with Gasteiger partial charge in [0.2, 0.25) is 17.7 Å². The lowest BCUT2D eigenvalue weighted by atomic mass is 9.99. The van der Waals surface area contributed by atoms with Crippen LogP contribution < -0.4 is 10.0 Å². The number of hydrogen-bond acceptors (Lipinski definition) is 6. The van der Waals surface area contributed by atoms with Gasteiger partial charge in [0.25, 0.3) is 10.0 Å². The molecule has 0 heterocycles. The summed E-state index contributed by atoms with van der Waals surface area (Å²) in [6.45, 7) is 3.07. The number of nitrogens with one attached hydrogen (secondary N) is 2. The Morgan fingerprint density at radius 1 is 0.953 bits per heavy atom. The van der Waals surface area contributed by atoms with Crippen molar-refractivity contribution in [2.45, 2.75) is 44.6 Å². The van der Waals surface area contributed by atoms with Crippen molar-refractivity contribution in [1.29, 1.82) is 0 Å². The van der Waals surface area contributed by atoms with Crippen LogP contribution in [0, 0.1) is 17.6 Å². The highest BCUT2D eigenvalue weighted by molar-refractivity contribution is 7.90. The number of sulfonamides is 1. The molecule has 3 rings (SSSR count). The molecule has 3 amide bonds. The van der Waals surface area contributed by atoms with Crippen LogP contribution in [0.1, 0.15) is 37.8 Å². The van der Waals surface area contributed by atoms with Gasteiger partial charge in [-0.2, -0.15) is 12.6 Å². The van der Waals surface area contributed by atoms with Gasteiger partial charge in [0, 0.05) is 49.9 Å². The monoisotopic (exact) mass is 631 g/mol. The van der Waals surface area contributed by atoms with Gasteiger partial charge in [0.05, 0.1) is 10.8 Å². The largest absolute Gasteiger partial charge is 0.354 e. The number of benzene rings is 3. The summed E-state index contributed by atoms with van der Waals surface area (Å²) in [5, 5.41) is 2.78. The van der Waals surface area contributed by atoms with Gasteiger partial charge in [-0.3, -0.25) is 14.4 Å². The first-order valence-electron chi connectivity index (χ1n) is 13.8. The van der Waals surface area contributed by atoms with E-state index in [2.05, 4.69) is 17.9 Å². The minimum atomic E-state index is -4.18. The SMILES string of the molecule is CCCC(=O)N(CCNC(=O)C(CS)Cc1ccccc1F)Cc1ccc(-c2ccccc2S(=O)(=O)NC(C)=O)cc1F. The summed E-state index contributed by atoms with van der Waals surface area (Å²) < 4.78 is 56.7. The van der Waals surface area contributed by atoms with Crippen LogP contribution in [0.5, 0.6) is 0 Å². The Hall–Kier alpha value is -3.77. The van der Waals surface area contributed by atoms with E-state index in [9.17, 15) is 27.2 Å². The quantitative estimate of drug-likeness (QED) is 0.227. The molecule has 0 aliphatic heterocycles. The Morgan fingerprint density at radius 3 is 2.30 bits per heavy atom. The lowest BCUT2D eigenvalue weighted by Gasteiger charge is -2.24. The third-order valence-corrected chi connectivity index (χ3v) is 8.62. The molecule has 0 aromatic heterocycles. The van der Waals surface area contributed by atoms with E-state index >= 15 is 4.39 Å². The van der Waals surface area contributed by atoms with Crippen LogP contribution in [0.15, 0.2) is 71.6 Å². The first-order chi connectivity index (χ1) is 20.5. The van der Waals surface area contributed by atoms with Crippen molar-refractivity contribution in [1.82, 2.24) is 14.9 Å². The maximum Gasteiger partial charge on any atom is 0.264 e. The lowest BCUT2D eigenvalue weighted by molar-refractivity contribution is -0.132. The van der Waals surface area contributed by atoms with Crippen LogP contribution in [0.25, 0.3) is 11.1 Å². The molecule has 0 bridgehead atoms. The van der Waals surface area contributed by atoms with E-state index in [-0.39, 0.29) is 71.6 Å². The van der Waals surface area contributed by atoms with Crippen LogP contribution >= 0.6 is 12.6 Å². The molecule has 0 fully saturated rings. The van der Waals surface area contributed by atoms with Crippen LogP contribution in [0.3, 0.4) is 0 Å². The molecule has 1 unspecified atom stereocenters. The van der Waals surface area contributed by atoms with Crippen molar-refractivity contribution < 1.29 is 31.6 Å². The number of hydrogen-bond donors (Lipinski definition) is 3. The standard InChI is InChI=1S/C31H35F2N3O5S2/c1-3-8-30(38)36(16-15-34-31(39)25(20-42)17-23-9-4-6-11-27(23)32)19-24-14-13-22(18-28(24)33)26-10-5-7-12-29(26)43(40,41)35-21(2)37/h4-7,9-14,18,25,42H,3,8,15-17,19-20H2,1-2H3,(H,34,39)(H,35,37). The molecule has 0 saturated heterocycles. The smallest absolute Gasteiger partial charge is 0.264 e. The van der Waals surface area contributed by atoms with Crippen LogP contribution in [-0.2, 0) is 37.4 Å². The van der Waals surface area contributed by atoms with Gasteiger partial charge in [-0.25, -0.2) is 21.9 Å². The number of halogens is 2. The van der Waals surface area contributed by atoms with Crippen LogP contribution in [0.4, 0.5) is 8.78 Å². The van der Waals surface area contributed by atoms with E-state index in [0.717, 1.165) is 6.92 Å². The molecule has 3 aromatic carbocycles. The van der Waals surface area contributed by atoms with Crippen molar-refractivity contribution in [2.75, 3.05) is 18.8 Å². The molecule has 12 heteroatoms. The predicted octanol–water partition coefficient (Wildman–Crippen LogP) is 4.49. The van der Waals surface area contributed by atoms with Gasteiger partial charge in [-0.15, -0.1) is 0 Å². The Kier molecular flexibility index (Phi) is 12.3. The van der Waals surface area contributed by atoms with Gasteiger partial charge in [0.1, 0.15) is 11.6 Å².